The molecule has 132 valence electrons. The van der Waals surface area contributed by atoms with Crippen molar-refractivity contribution in [3.63, 3.8) is 0 Å². The minimum atomic E-state index is -0.719. The van der Waals surface area contributed by atoms with E-state index in [2.05, 4.69) is 19.2 Å². The molecule has 1 aromatic rings. The zero-order chi connectivity index (χ0) is 17.5. The van der Waals surface area contributed by atoms with Crippen LogP contribution >= 0.6 is 0 Å². The van der Waals surface area contributed by atoms with Gasteiger partial charge in [0.25, 0.3) is 0 Å². The van der Waals surface area contributed by atoms with Gasteiger partial charge in [0.2, 0.25) is 5.91 Å². The molecular formula is C19H27NO4. The first-order valence-corrected chi connectivity index (χ1v) is 8.68. The van der Waals surface area contributed by atoms with Gasteiger partial charge in [-0.05, 0) is 69.2 Å². The van der Waals surface area contributed by atoms with Crippen LogP contribution in [0.3, 0.4) is 0 Å². The van der Waals surface area contributed by atoms with Crippen LogP contribution in [0.25, 0.3) is 0 Å². The van der Waals surface area contributed by atoms with E-state index in [-0.39, 0.29) is 17.9 Å². The van der Waals surface area contributed by atoms with Gasteiger partial charge in [-0.1, -0.05) is 6.07 Å². The van der Waals surface area contributed by atoms with Crippen LogP contribution in [0.1, 0.15) is 49.7 Å². The van der Waals surface area contributed by atoms with Crippen molar-refractivity contribution in [2.75, 3.05) is 6.61 Å². The van der Waals surface area contributed by atoms with Crippen molar-refractivity contribution < 1.29 is 19.4 Å². The number of carboxylic acids is 1. The zero-order valence-electron chi connectivity index (χ0n) is 14.5. The number of nitrogens with one attached hydrogen (secondary N) is 1. The Kier molecular flexibility index (Phi) is 6.64. The maximum atomic E-state index is 12.0. The summed E-state index contributed by atoms with van der Waals surface area (Å²) >= 11 is 0. The van der Waals surface area contributed by atoms with Gasteiger partial charge >= 0.3 is 5.97 Å². The molecule has 1 amide bonds. The van der Waals surface area contributed by atoms with Gasteiger partial charge in [-0.25, -0.2) is 0 Å². The molecule has 1 aromatic carbocycles. The average Bonchev–Trinajstić information content (AvgIpc) is 2.55. The highest BCUT2D eigenvalue weighted by Gasteiger charge is 2.26. The quantitative estimate of drug-likeness (QED) is 0.751. The molecular weight excluding hydrogens is 306 g/mol. The second-order valence-corrected chi connectivity index (χ2v) is 6.65. The van der Waals surface area contributed by atoms with Gasteiger partial charge in [0.15, 0.2) is 0 Å². The lowest BCUT2D eigenvalue weighted by Crippen LogP contribution is -2.38. The molecule has 1 aliphatic carbocycles. The Morgan fingerprint density at radius 2 is 1.88 bits per heavy atom. The van der Waals surface area contributed by atoms with E-state index < -0.39 is 5.97 Å². The Labute approximate surface area is 143 Å². The minimum absolute atomic E-state index is 0.0254. The second-order valence-electron chi connectivity index (χ2n) is 6.65. The lowest BCUT2D eigenvalue weighted by Gasteiger charge is -2.26. The summed E-state index contributed by atoms with van der Waals surface area (Å²) in [6.07, 6.45) is 3.91. The number of amides is 1. The first kappa shape index (κ1) is 18.3. The molecule has 1 aliphatic rings. The molecule has 0 heterocycles. The maximum absolute atomic E-state index is 12.0. The summed E-state index contributed by atoms with van der Waals surface area (Å²) in [5.41, 5.74) is 2.43. The van der Waals surface area contributed by atoms with Gasteiger partial charge in [-0.3, -0.25) is 9.59 Å². The summed E-state index contributed by atoms with van der Waals surface area (Å²) < 4.78 is 5.68. The SMILES string of the molecule is Cc1ccc(OCCCC(=O)NC2CCC(C(=O)O)CC2)cc1C. The first-order chi connectivity index (χ1) is 11.5. The first-order valence-electron chi connectivity index (χ1n) is 8.68. The topological polar surface area (TPSA) is 75.6 Å². The number of rotatable bonds is 7. The van der Waals surface area contributed by atoms with E-state index in [1.54, 1.807) is 0 Å². The highest BCUT2D eigenvalue weighted by atomic mass is 16.5. The fourth-order valence-corrected chi connectivity index (χ4v) is 3.01. The highest BCUT2D eigenvalue weighted by Crippen LogP contribution is 2.24. The van der Waals surface area contributed by atoms with Gasteiger partial charge in [0, 0.05) is 12.5 Å². The van der Waals surface area contributed by atoms with Crippen molar-refractivity contribution in [2.24, 2.45) is 5.92 Å². The fourth-order valence-electron chi connectivity index (χ4n) is 3.01. The van der Waals surface area contributed by atoms with Crippen LogP contribution < -0.4 is 10.1 Å². The molecule has 2 N–H and O–H groups in total. The lowest BCUT2D eigenvalue weighted by molar-refractivity contribution is -0.142. The van der Waals surface area contributed by atoms with Crippen LogP contribution in [0.15, 0.2) is 18.2 Å². The predicted octanol–water partition coefficient (Wildman–Crippen LogP) is 3.22. The van der Waals surface area contributed by atoms with Crippen LogP contribution in [-0.4, -0.2) is 29.6 Å². The van der Waals surface area contributed by atoms with Crippen molar-refractivity contribution in [1.29, 1.82) is 0 Å². The molecule has 0 aromatic heterocycles. The number of aliphatic carboxylic acids is 1. The molecule has 5 nitrogen and oxygen atoms in total. The molecule has 5 heteroatoms. The molecule has 0 spiro atoms. The van der Waals surface area contributed by atoms with Crippen LogP contribution in [-0.2, 0) is 9.59 Å². The summed E-state index contributed by atoms with van der Waals surface area (Å²) in [4.78, 5) is 22.9. The highest BCUT2D eigenvalue weighted by molar-refractivity contribution is 5.76. The molecule has 1 fully saturated rings. The van der Waals surface area contributed by atoms with E-state index in [0.29, 0.717) is 32.3 Å². The molecule has 0 unspecified atom stereocenters. The molecule has 24 heavy (non-hydrogen) atoms. The third kappa shape index (κ3) is 5.55. The molecule has 0 radical (unpaired) electrons. The van der Waals surface area contributed by atoms with Crippen molar-refractivity contribution in [3.8, 4) is 5.75 Å². The normalized spacial score (nSPS) is 20.4. The molecule has 0 saturated heterocycles. The molecule has 0 bridgehead atoms. The van der Waals surface area contributed by atoms with Gasteiger partial charge in [-0.2, -0.15) is 0 Å². The Morgan fingerprint density at radius 3 is 2.50 bits per heavy atom. The lowest BCUT2D eigenvalue weighted by atomic mass is 9.86. The number of ether oxygens (including phenoxy) is 1. The molecule has 1 saturated carbocycles. The van der Waals surface area contributed by atoms with E-state index >= 15 is 0 Å². The van der Waals surface area contributed by atoms with E-state index in [1.807, 2.05) is 18.2 Å². The largest absolute Gasteiger partial charge is 0.494 e. The van der Waals surface area contributed by atoms with Crippen LogP contribution in [0.5, 0.6) is 5.75 Å². The number of carbonyl (C=O) groups is 2. The van der Waals surface area contributed by atoms with Crippen molar-refractivity contribution >= 4 is 11.9 Å². The monoisotopic (exact) mass is 333 g/mol. The number of hydrogen-bond donors (Lipinski definition) is 2. The maximum Gasteiger partial charge on any atom is 0.306 e. The fraction of sp³-hybridized carbons (Fsp3) is 0.579. The Morgan fingerprint density at radius 1 is 1.17 bits per heavy atom. The summed E-state index contributed by atoms with van der Waals surface area (Å²) in [5, 5.41) is 12.0. The number of benzene rings is 1. The van der Waals surface area contributed by atoms with Gasteiger partial charge in [0.1, 0.15) is 5.75 Å². The second kappa shape index (κ2) is 8.71. The zero-order valence-corrected chi connectivity index (χ0v) is 14.5. The smallest absolute Gasteiger partial charge is 0.306 e. The van der Waals surface area contributed by atoms with Crippen LogP contribution in [0, 0.1) is 19.8 Å². The van der Waals surface area contributed by atoms with Crippen molar-refractivity contribution in [2.45, 2.75) is 58.4 Å². The third-order valence-corrected chi connectivity index (χ3v) is 4.74. The Hall–Kier alpha value is -2.04. The van der Waals surface area contributed by atoms with Gasteiger partial charge < -0.3 is 15.2 Å². The number of aryl methyl sites for hydroxylation is 2. The van der Waals surface area contributed by atoms with Crippen molar-refractivity contribution in [3.05, 3.63) is 29.3 Å². The Bertz CT molecular complexity index is 577. The Balaban J connectivity index is 1.61. The third-order valence-electron chi connectivity index (χ3n) is 4.74. The van der Waals surface area contributed by atoms with Crippen LogP contribution in [0.4, 0.5) is 0 Å². The van der Waals surface area contributed by atoms with Crippen LogP contribution in [0.2, 0.25) is 0 Å². The van der Waals surface area contributed by atoms with E-state index in [1.165, 1.54) is 11.1 Å². The van der Waals surface area contributed by atoms with E-state index in [0.717, 1.165) is 18.6 Å². The molecule has 0 atom stereocenters. The summed E-state index contributed by atoms with van der Waals surface area (Å²) in [6.45, 7) is 4.63. The molecule has 0 aliphatic heterocycles. The minimum Gasteiger partial charge on any atom is -0.494 e. The summed E-state index contributed by atoms with van der Waals surface area (Å²) in [5.74, 6) is -0.101. The summed E-state index contributed by atoms with van der Waals surface area (Å²) in [7, 11) is 0. The number of carbonyl (C=O) groups excluding carboxylic acids is 1. The average molecular weight is 333 g/mol. The summed E-state index contributed by atoms with van der Waals surface area (Å²) in [6, 6.07) is 6.11. The van der Waals surface area contributed by atoms with Crippen molar-refractivity contribution in [1.82, 2.24) is 5.32 Å². The van der Waals surface area contributed by atoms with Gasteiger partial charge in [-0.15, -0.1) is 0 Å². The predicted molar refractivity (Wildman–Crippen MR) is 92.2 cm³/mol. The standard InChI is InChI=1S/C19H27NO4/c1-13-5-10-17(12-14(13)2)24-11-3-4-18(21)20-16-8-6-15(7-9-16)19(22)23/h5,10,12,15-16H,3-4,6-9,11H2,1-2H3,(H,20,21)(H,22,23). The number of hydrogen-bond acceptors (Lipinski definition) is 3. The van der Waals surface area contributed by atoms with E-state index in [9.17, 15) is 9.59 Å². The molecule has 2 rings (SSSR count). The van der Waals surface area contributed by atoms with E-state index in [4.69, 9.17) is 9.84 Å². The number of carboxylic acid groups (broad SMARTS) is 1. The van der Waals surface area contributed by atoms with Gasteiger partial charge in [0.05, 0.1) is 12.5 Å².